The Morgan fingerprint density at radius 2 is 1.87 bits per heavy atom. The van der Waals surface area contributed by atoms with Gasteiger partial charge in [0.1, 0.15) is 5.00 Å². The number of fused-ring (bicyclic) bond motifs is 5. The van der Waals surface area contributed by atoms with Crippen LogP contribution in [-0.2, 0) is 19.5 Å². The second-order valence-corrected chi connectivity index (χ2v) is 11.2. The summed E-state index contributed by atoms with van der Waals surface area (Å²) in [7, 11) is 5.34. The molecule has 7 nitrogen and oxygen atoms in total. The van der Waals surface area contributed by atoms with E-state index < -0.39 is 0 Å². The molecule has 0 radical (unpaired) electrons. The van der Waals surface area contributed by atoms with Crippen molar-refractivity contribution in [3.8, 4) is 16.5 Å². The third-order valence-electron chi connectivity index (χ3n) is 7.32. The number of ether oxygens (including phenoxy) is 2. The largest absolute Gasteiger partial charge is 0.493 e. The van der Waals surface area contributed by atoms with Crippen molar-refractivity contribution in [3.63, 3.8) is 0 Å². The van der Waals surface area contributed by atoms with Crippen LogP contribution in [0.2, 0.25) is 5.02 Å². The van der Waals surface area contributed by atoms with Crippen LogP contribution in [0.25, 0.3) is 5.00 Å². The molecule has 0 bridgehead atoms. The number of carbonyl (C=O) groups excluding carboxylic acids is 1. The lowest BCUT2D eigenvalue weighted by Crippen LogP contribution is -2.38. The Balaban J connectivity index is 1.46. The predicted molar refractivity (Wildman–Crippen MR) is 151 cm³/mol. The Hall–Kier alpha value is -3.46. The first kappa shape index (κ1) is 24.9. The predicted octanol–water partition coefficient (Wildman–Crippen LogP) is 6.33. The van der Waals surface area contributed by atoms with Gasteiger partial charge in [0.25, 0.3) is 0 Å². The van der Waals surface area contributed by atoms with Gasteiger partial charge in [-0.3, -0.25) is 0 Å². The van der Waals surface area contributed by atoms with Gasteiger partial charge in [-0.25, -0.2) is 4.79 Å². The van der Waals surface area contributed by atoms with E-state index in [2.05, 4.69) is 40.2 Å². The monoisotopic (exact) mass is 548 g/mol. The van der Waals surface area contributed by atoms with E-state index in [-0.39, 0.29) is 12.1 Å². The molecular weight excluding hydrogens is 520 g/mol. The van der Waals surface area contributed by atoms with E-state index in [1.54, 1.807) is 26.4 Å². The fourth-order valence-corrected chi connectivity index (χ4v) is 7.13. The average Bonchev–Trinajstić information content (AvgIpc) is 3.49. The molecule has 1 N–H and O–H groups in total. The maximum absolute atomic E-state index is 14.1. The molecular formula is C29H29ClN4O3S. The number of carbonyl (C=O) groups is 1. The smallest absolute Gasteiger partial charge is 0.322 e. The summed E-state index contributed by atoms with van der Waals surface area (Å²) in [5, 5.41) is 4.95. The number of methoxy groups -OCH3 is 2. The Morgan fingerprint density at radius 1 is 1.03 bits per heavy atom. The van der Waals surface area contributed by atoms with Gasteiger partial charge in [-0.2, -0.15) is 0 Å². The number of nitrogens with zero attached hydrogens (tertiary/aromatic N) is 3. The van der Waals surface area contributed by atoms with Gasteiger partial charge in [-0.05, 0) is 61.0 Å². The van der Waals surface area contributed by atoms with Crippen molar-refractivity contribution in [2.75, 3.05) is 33.1 Å². The maximum atomic E-state index is 14.1. The van der Waals surface area contributed by atoms with E-state index in [1.165, 1.54) is 21.0 Å². The van der Waals surface area contributed by atoms with Crippen molar-refractivity contribution in [2.45, 2.75) is 25.6 Å². The normalized spacial score (nSPS) is 16.7. The van der Waals surface area contributed by atoms with E-state index in [0.29, 0.717) is 28.8 Å². The second kappa shape index (κ2) is 10.0. The van der Waals surface area contributed by atoms with Gasteiger partial charge >= 0.3 is 6.03 Å². The molecule has 4 heterocycles. The zero-order valence-electron chi connectivity index (χ0n) is 21.5. The van der Waals surface area contributed by atoms with Crippen molar-refractivity contribution in [1.82, 2.24) is 14.4 Å². The summed E-state index contributed by atoms with van der Waals surface area (Å²) in [4.78, 5) is 19.8. The van der Waals surface area contributed by atoms with Crippen molar-refractivity contribution in [2.24, 2.45) is 0 Å². The van der Waals surface area contributed by atoms with Gasteiger partial charge in [0.2, 0.25) is 0 Å². The molecule has 2 aliphatic heterocycles. The number of likely N-dealkylation sites (N-methyl/N-ethyl adjacent to an activating group) is 1. The van der Waals surface area contributed by atoms with Crippen LogP contribution in [-0.4, -0.2) is 48.2 Å². The highest BCUT2D eigenvalue weighted by atomic mass is 35.5. The van der Waals surface area contributed by atoms with Crippen molar-refractivity contribution >= 4 is 34.7 Å². The highest BCUT2D eigenvalue weighted by Crippen LogP contribution is 2.44. The first-order chi connectivity index (χ1) is 18.5. The van der Waals surface area contributed by atoms with Crippen LogP contribution in [0, 0.1) is 0 Å². The number of urea groups is 1. The topological polar surface area (TPSA) is 59.0 Å². The number of hydrogen-bond acceptors (Lipinski definition) is 5. The summed E-state index contributed by atoms with van der Waals surface area (Å²) in [6, 6.07) is 16.8. The van der Waals surface area contributed by atoms with E-state index in [0.717, 1.165) is 30.8 Å². The number of hydrogen-bond donors (Lipinski definition) is 1. The van der Waals surface area contributed by atoms with E-state index in [4.69, 9.17) is 21.1 Å². The second-order valence-electron chi connectivity index (χ2n) is 9.66. The lowest BCUT2D eigenvalue weighted by atomic mass is 10.0. The van der Waals surface area contributed by atoms with Crippen LogP contribution < -0.4 is 14.8 Å². The van der Waals surface area contributed by atoms with Gasteiger partial charge in [0.15, 0.2) is 11.5 Å². The van der Waals surface area contributed by atoms with Crippen LogP contribution >= 0.6 is 22.9 Å². The van der Waals surface area contributed by atoms with Crippen molar-refractivity contribution < 1.29 is 14.3 Å². The van der Waals surface area contributed by atoms with Crippen molar-refractivity contribution in [3.05, 3.63) is 93.1 Å². The molecule has 196 valence electrons. The van der Waals surface area contributed by atoms with Crippen LogP contribution in [0.3, 0.4) is 0 Å². The number of rotatable bonds is 4. The fraction of sp³-hybridized carbons (Fsp3) is 0.276. The van der Waals surface area contributed by atoms with Crippen LogP contribution in [0.4, 0.5) is 10.5 Å². The maximum Gasteiger partial charge on any atom is 0.322 e. The lowest BCUT2D eigenvalue weighted by Gasteiger charge is -2.32. The molecule has 2 aliphatic rings. The first-order valence-electron chi connectivity index (χ1n) is 12.5. The number of amides is 2. The van der Waals surface area contributed by atoms with E-state index in [9.17, 15) is 4.79 Å². The molecule has 0 saturated heterocycles. The molecule has 0 saturated carbocycles. The van der Waals surface area contributed by atoms with Gasteiger partial charge in [-0.1, -0.05) is 23.7 Å². The van der Waals surface area contributed by atoms with Crippen molar-refractivity contribution in [1.29, 1.82) is 0 Å². The summed E-state index contributed by atoms with van der Waals surface area (Å²) < 4.78 is 13.1. The zero-order chi connectivity index (χ0) is 26.4. The molecule has 6 rings (SSSR count). The Morgan fingerprint density at radius 3 is 2.66 bits per heavy atom. The number of halogens is 1. The van der Waals surface area contributed by atoms with Crippen LogP contribution in [0.5, 0.6) is 11.5 Å². The number of nitrogens with one attached hydrogen (secondary N) is 1. The van der Waals surface area contributed by atoms with Crippen LogP contribution in [0.1, 0.15) is 33.3 Å². The molecule has 2 aromatic carbocycles. The van der Waals surface area contributed by atoms with E-state index in [1.807, 2.05) is 46.6 Å². The number of anilines is 1. The van der Waals surface area contributed by atoms with E-state index >= 15 is 0 Å². The molecule has 2 aromatic heterocycles. The third-order valence-corrected chi connectivity index (χ3v) is 8.81. The number of benzene rings is 2. The van der Waals surface area contributed by atoms with Gasteiger partial charge < -0.3 is 29.2 Å². The fourth-order valence-electron chi connectivity index (χ4n) is 5.49. The zero-order valence-corrected chi connectivity index (χ0v) is 23.1. The summed E-state index contributed by atoms with van der Waals surface area (Å²) in [5.74, 6) is 1.16. The molecule has 1 atom stereocenters. The molecule has 1 unspecified atom stereocenters. The Labute approximate surface area is 231 Å². The Bertz CT molecular complexity index is 1510. The van der Waals surface area contributed by atoms with Gasteiger partial charge in [-0.15, -0.1) is 11.3 Å². The Kier molecular flexibility index (Phi) is 6.55. The number of aromatic nitrogens is 1. The minimum Gasteiger partial charge on any atom is -0.493 e. The lowest BCUT2D eigenvalue weighted by molar-refractivity contribution is 0.194. The third kappa shape index (κ3) is 4.32. The molecule has 0 aliphatic carbocycles. The van der Waals surface area contributed by atoms with Crippen LogP contribution in [0.15, 0.2) is 60.8 Å². The quantitative estimate of drug-likeness (QED) is 0.323. The molecule has 2 amide bonds. The number of thiophene rings is 1. The molecule has 0 fully saturated rings. The molecule has 9 heteroatoms. The highest BCUT2D eigenvalue weighted by Gasteiger charge is 2.36. The van der Waals surface area contributed by atoms with Gasteiger partial charge in [0, 0.05) is 46.5 Å². The highest BCUT2D eigenvalue weighted by molar-refractivity contribution is 7.15. The summed E-state index contributed by atoms with van der Waals surface area (Å²) in [5.41, 5.74) is 5.22. The standard InChI is InChI=1S/C29H29ClN4O3S/c1-32-13-11-21-22-16-34(29(35)31-20-9-10-24(36-2)25(15-20)37-3)27(18-6-4-7-19(30)14-18)23-8-5-12-33(23)28(22)38-26(21)17-32/h4-10,12,14-15,27H,11,13,16-17H2,1-3H3,(H,31,35). The minimum atomic E-state index is -0.328. The SMILES string of the molecule is COc1ccc(NC(=O)N2Cc3c(sc4c3CCN(C)C4)-n3cccc3C2c2cccc(Cl)c2)cc1OC. The average molecular weight is 549 g/mol. The molecule has 4 aromatic rings. The minimum absolute atomic E-state index is 0.198. The van der Waals surface area contributed by atoms with Gasteiger partial charge in [0.05, 0.1) is 32.5 Å². The molecule has 0 spiro atoms. The summed E-state index contributed by atoms with van der Waals surface area (Å²) in [6.45, 7) is 2.42. The summed E-state index contributed by atoms with van der Waals surface area (Å²) >= 11 is 8.28. The first-order valence-corrected chi connectivity index (χ1v) is 13.7. The summed E-state index contributed by atoms with van der Waals surface area (Å²) in [6.07, 6.45) is 3.08. The molecule has 38 heavy (non-hydrogen) atoms.